The highest BCUT2D eigenvalue weighted by Crippen LogP contribution is 2.62. The Morgan fingerprint density at radius 2 is 1.54 bits per heavy atom. The van der Waals surface area contributed by atoms with E-state index in [9.17, 15) is 19.4 Å². The normalized spacial score (nSPS) is 22.1. The van der Waals surface area contributed by atoms with Crippen LogP contribution in [-0.4, -0.2) is 65.2 Å². The molecular weight excluding hydrogens is 848 g/mol. The molecule has 2 aliphatic carbocycles. The molecule has 6 atom stereocenters. The SMILES string of the molecule is C=CCOC12Oc3ccc(Oc4ccc(-c5ccccc5)cc4)cc3C3C(CCCCO)C(CCCCO)C=C(C(=NOCc4ccccc4)CC1N(Cc1ccc(F)cc1)C(=O)OCC)C32. The molecule has 0 saturated heterocycles. The lowest BCUT2D eigenvalue weighted by Gasteiger charge is -2.59. The standard InChI is InChI=1S/C56H61FN2O8/c1-3-33-64-56-52(59(55(62)63-4-2)37-39-21-25-44(57)26-22-39)36-50(58-65-38-40-15-7-5-8-16-40)48-34-43(19-11-13-31-60)47(20-12-14-32-61)53(54(48)56)49-35-46(29-30-51(49)67-56)66-45-27-23-42(24-28-45)41-17-9-6-10-18-41/h3,5-10,15-18,21-30,34-35,43,47,52-54,60-61H,1,4,11-14,19-20,31-33,36-38H2,2H3. The highest BCUT2D eigenvalue weighted by atomic mass is 19.1. The molecule has 11 heteroatoms. The van der Waals surface area contributed by atoms with Gasteiger partial charge < -0.3 is 34.0 Å². The number of aliphatic hydroxyl groups excluding tert-OH is 2. The Hall–Kier alpha value is -6.27. The Bertz CT molecular complexity index is 2460. The number of ether oxygens (including phenoxy) is 4. The van der Waals surface area contributed by atoms with E-state index in [1.54, 1.807) is 30.0 Å². The first-order valence-electron chi connectivity index (χ1n) is 23.6. The van der Waals surface area contributed by atoms with Gasteiger partial charge in [-0.25, -0.2) is 9.18 Å². The number of allylic oxidation sites excluding steroid dienone is 1. The summed E-state index contributed by atoms with van der Waals surface area (Å²) in [6.07, 6.45) is 8.03. The van der Waals surface area contributed by atoms with Crippen molar-refractivity contribution in [3.63, 3.8) is 0 Å². The summed E-state index contributed by atoms with van der Waals surface area (Å²) in [4.78, 5) is 22.4. The molecule has 1 fully saturated rings. The first-order valence-corrected chi connectivity index (χ1v) is 23.6. The minimum atomic E-state index is -1.51. The predicted octanol–water partition coefficient (Wildman–Crippen LogP) is 11.8. The summed E-state index contributed by atoms with van der Waals surface area (Å²) in [5, 5.41) is 25.0. The fourth-order valence-electron chi connectivity index (χ4n) is 10.2. The second-order valence-electron chi connectivity index (χ2n) is 17.5. The van der Waals surface area contributed by atoms with E-state index in [1.165, 1.54) is 12.1 Å². The summed E-state index contributed by atoms with van der Waals surface area (Å²) in [6.45, 7) is 6.47. The van der Waals surface area contributed by atoms with Gasteiger partial charge >= 0.3 is 6.09 Å². The number of hydrogen-bond acceptors (Lipinski definition) is 9. The molecule has 5 aromatic carbocycles. The number of oxime groups is 1. The van der Waals surface area contributed by atoms with Crippen LogP contribution in [0.4, 0.5) is 9.18 Å². The average molecular weight is 909 g/mol. The average Bonchev–Trinajstić information content (AvgIpc) is 3.35. The highest BCUT2D eigenvalue weighted by Gasteiger charge is 2.65. The molecule has 0 aromatic heterocycles. The Morgan fingerprint density at radius 3 is 2.24 bits per heavy atom. The van der Waals surface area contributed by atoms with Gasteiger partial charge in [0.1, 0.15) is 35.7 Å². The van der Waals surface area contributed by atoms with Gasteiger partial charge in [-0.15, -0.1) is 6.58 Å². The van der Waals surface area contributed by atoms with Crippen molar-refractivity contribution < 1.29 is 43.2 Å². The zero-order chi connectivity index (χ0) is 46.6. The fraction of sp³-hybridized carbons (Fsp3) is 0.357. The van der Waals surface area contributed by atoms with Gasteiger partial charge in [0, 0.05) is 37.7 Å². The van der Waals surface area contributed by atoms with Crippen molar-refractivity contribution in [2.45, 2.75) is 82.8 Å². The van der Waals surface area contributed by atoms with E-state index in [0.717, 1.165) is 53.5 Å². The largest absolute Gasteiger partial charge is 0.459 e. The summed E-state index contributed by atoms with van der Waals surface area (Å²) in [5.74, 6) is -0.764. The van der Waals surface area contributed by atoms with Crippen molar-refractivity contribution in [3.8, 4) is 28.4 Å². The Kier molecular flexibility index (Phi) is 15.8. The molecule has 0 radical (unpaired) electrons. The number of amides is 1. The zero-order valence-electron chi connectivity index (χ0n) is 38.2. The number of carbonyl (C=O) groups excluding carboxylic acids is 1. The highest BCUT2D eigenvalue weighted by molar-refractivity contribution is 6.03. The van der Waals surface area contributed by atoms with Gasteiger partial charge in [-0.3, -0.25) is 4.90 Å². The minimum absolute atomic E-state index is 0.00661. The van der Waals surface area contributed by atoms with Crippen LogP contribution in [0.3, 0.4) is 0 Å². The van der Waals surface area contributed by atoms with Crippen LogP contribution in [0.5, 0.6) is 17.2 Å². The van der Waals surface area contributed by atoms with Crippen LogP contribution in [0.1, 0.15) is 74.5 Å². The van der Waals surface area contributed by atoms with Crippen molar-refractivity contribution in [2.75, 3.05) is 26.4 Å². The fourth-order valence-corrected chi connectivity index (χ4v) is 10.2. The number of fused-ring (bicyclic) bond motifs is 2. The van der Waals surface area contributed by atoms with Crippen LogP contribution >= 0.6 is 0 Å². The lowest BCUT2D eigenvalue weighted by Crippen LogP contribution is -2.70. The second-order valence-corrected chi connectivity index (χ2v) is 17.5. The molecule has 67 heavy (non-hydrogen) atoms. The van der Waals surface area contributed by atoms with Crippen LogP contribution in [0.15, 0.2) is 157 Å². The summed E-state index contributed by atoms with van der Waals surface area (Å²) in [6, 6.07) is 39.2. The van der Waals surface area contributed by atoms with Crippen LogP contribution in [0.2, 0.25) is 0 Å². The molecule has 2 N–H and O–H groups in total. The van der Waals surface area contributed by atoms with E-state index >= 15 is 0 Å². The van der Waals surface area contributed by atoms with Crippen LogP contribution < -0.4 is 9.47 Å². The number of benzene rings is 5. The number of unbranched alkanes of at least 4 members (excludes halogenated alkanes) is 2. The third kappa shape index (κ3) is 10.8. The molecule has 350 valence electrons. The van der Waals surface area contributed by atoms with Crippen molar-refractivity contribution >= 4 is 11.8 Å². The molecular formula is C56H61FN2O8. The Morgan fingerprint density at radius 1 is 0.851 bits per heavy atom. The number of carbonyl (C=O) groups is 1. The molecule has 3 aliphatic rings. The number of rotatable bonds is 21. The number of halogens is 1. The maximum Gasteiger partial charge on any atom is 0.410 e. The summed E-state index contributed by atoms with van der Waals surface area (Å²) < 4.78 is 41.3. The third-order valence-corrected chi connectivity index (χ3v) is 13.2. The first kappa shape index (κ1) is 47.2. The number of nitrogens with zero attached hydrogens (tertiary/aromatic N) is 2. The van der Waals surface area contributed by atoms with E-state index in [4.69, 9.17) is 28.9 Å². The Labute approximate surface area is 393 Å². The molecule has 6 unspecified atom stereocenters. The number of aliphatic hydroxyl groups is 2. The molecule has 0 bridgehead atoms. The van der Waals surface area contributed by atoms with Crippen LogP contribution in [0.25, 0.3) is 11.1 Å². The van der Waals surface area contributed by atoms with Crippen molar-refractivity contribution in [2.24, 2.45) is 22.9 Å². The van der Waals surface area contributed by atoms with E-state index in [-0.39, 0.29) is 69.6 Å². The lowest BCUT2D eigenvalue weighted by molar-refractivity contribution is -0.256. The first-order chi connectivity index (χ1) is 32.8. The molecule has 8 rings (SSSR count). The van der Waals surface area contributed by atoms with Crippen molar-refractivity contribution in [3.05, 3.63) is 174 Å². The van der Waals surface area contributed by atoms with Gasteiger partial charge in [0.05, 0.1) is 24.8 Å². The molecule has 1 heterocycles. The zero-order valence-corrected chi connectivity index (χ0v) is 38.2. The van der Waals surface area contributed by atoms with Gasteiger partial charge in [0.15, 0.2) is 0 Å². The molecule has 10 nitrogen and oxygen atoms in total. The van der Waals surface area contributed by atoms with Gasteiger partial charge in [-0.05, 0) is 115 Å². The van der Waals surface area contributed by atoms with Crippen LogP contribution in [0, 0.1) is 23.6 Å². The molecule has 5 aromatic rings. The minimum Gasteiger partial charge on any atom is -0.459 e. The van der Waals surface area contributed by atoms with Gasteiger partial charge in [0.2, 0.25) is 5.79 Å². The van der Waals surface area contributed by atoms with Gasteiger partial charge in [-0.2, -0.15) is 0 Å². The van der Waals surface area contributed by atoms with Gasteiger partial charge in [-0.1, -0.05) is 115 Å². The molecule has 1 saturated carbocycles. The topological polar surface area (TPSA) is 119 Å². The Balaban J connectivity index is 1.30. The van der Waals surface area contributed by atoms with E-state index in [2.05, 4.69) is 30.9 Å². The van der Waals surface area contributed by atoms with E-state index in [1.807, 2.05) is 84.9 Å². The van der Waals surface area contributed by atoms with Crippen molar-refractivity contribution in [1.82, 2.24) is 4.90 Å². The molecule has 1 aliphatic heterocycles. The van der Waals surface area contributed by atoms with E-state index in [0.29, 0.717) is 41.4 Å². The molecule has 1 amide bonds. The summed E-state index contributed by atoms with van der Waals surface area (Å²) in [7, 11) is 0. The van der Waals surface area contributed by atoms with Crippen LogP contribution in [-0.2, 0) is 27.5 Å². The third-order valence-electron chi connectivity index (χ3n) is 13.2. The van der Waals surface area contributed by atoms with Crippen molar-refractivity contribution in [1.29, 1.82) is 0 Å². The summed E-state index contributed by atoms with van der Waals surface area (Å²) >= 11 is 0. The maximum atomic E-state index is 14.5. The maximum absolute atomic E-state index is 14.5. The predicted molar refractivity (Wildman–Crippen MR) is 257 cm³/mol. The molecule has 0 spiro atoms. The number of hydrogen-bond donors (Lipinski definition) is 2. The second kappa shape index (κ2) is 22.5. The quantitative estimate of drug-likeness (QED) is 0.0424. The van der Waals surface area contributed by atoms with E-state index < -0.39 is 23.8 Å². The summed E-state index contributed by atoms with van der Waals surface area (Å²) in [5.41, 5.74) is 6.32. The lowest BCUT2D eigenvalue weighted by atomic mass is 9.55. The monoisotopic (exact) mass is 908 g/mol. The smallest absolute Gasteiger partial charge is 0.410 e. The van der Waals surface area contributed by atoms with Gasteiger partial charge in [0.25, 0.3) is 0 Å².